The minimum absolute atomic E-state index is 0.402. The summed E-state index contributed by atoms with van der Waals surface area (Å²) >= 11 is 5.55. The zero-order valence-corrected chi connectivity index (χ0v) is 7.03. The molecule has 1 rings (SSSR count). The van der Waals surface area contributed by atoms with E-state index in [-0.39, 0.29) is 0 Å². The number of halogens is 1. The number of hydrogen-bond donors (Lipinski definition) is 2. The first kappa shape index (κ1) is 9.38. The highest BCUT2D eigenvalue weighted by Gasteiger charge is 2.10. The summed E-state index contributed by atoms with van der Waals surface area (Å²) < 4.78 is 4.58. The maximum Gasteiger partial charge on any atom is 0.707 e. The van der Waals surface area contributed by atoms with Crippen molar-refractivity contribution in [3.63, 3.8) is 0 Å². The van der Waals surface area contributed by atoms with Gasteiger partial charge in [-0.05, 0) is 17.7 Å². The molecule has 0 unspecified atom stereocenters. The van der Waals surface area contributed by atoms with E-state index in [1.807, 2.05) is 0 Å². The van der Waals surface area contributed by atoms with Crippen molar-refractivity contribution in [3.05, 3.63) is 29.8 Å². The highest BCUT2D eigenvalue weighted by Crippen LogP contribution is 2.13. The molecule has 0 amide bonds. The molecule has 0 aromatic heterocycles. The van der Waals surface area contributed by atoms with Gasteiger partial charge in [0.15, 0.2) is 0 Å². The molecule has 0 heterocycles. The Morgan fingerprint density at radius 3 is 2.25 bits per heavy atom. The van der Waals surface area contributed by atoms with Gasteiger partial charge in [0.25, 0.3) is 0 Å². The Kier molecular flexibility index (Phi) is 3.40. The van der Waals surface area contributed by atoms with Crippen molar-refractivity contribution in [2.24, 2.45) is 0 Å². The van der Waals surface area contributed by atoms with Crippen LogP contribution in [0.15, 0.2) is 24.3 Å². The van der Waals surface area contributed by atoms with Gasteiger partial charge >= 0.3 is 7.32 Å². The van der Waals surface area contributed by atoms with Gasteiger partial charge in [0.05, 0.1) is 0 Å². The van der Waals surface area contributed by atoms with Crippen LogP contribution in [0.1, 0.15) is 5.56 Å². The molecule has 5 heteroatoms. The first-order chi connectivity index (χ1) is 5.72. The van der Waals surface area contributed by atoms with Gasteiger partial charge in [-0.2, -0.15) is 0 Å². The fraction of sp³-hybridized carbons (Fsp3) is 0.143. The van der Waals surface area contributed by atoms with E-state index < -0.39 is 7.32 Å². The van der Waals surface area contributed by atoms with Gasteiger partial charge in [-0.1, -0.05) is 12.1 Å². The predicted octanol–water partition coefficient (Wildman–Crippen LogP) is 0.774. The minimum Gasteiger partial charge on any atom is -0.512 e. The van der Waals surface area contributed by atoms with Gasteiger partial charge in [-0.15, -0.1) is 11.6 Å². The molecule has 1 aromatic carbocycles. The molecule has 12 heavy (non-hydrogen) atoms. The topological polar surface area (TPSA) is 49.7 Å². The zero-order valence-electron chi connectivity index (χ0n) is 6.27. The van der Waals surface area contributed by atoms with Gasteiger partial charge in [0, 0.05) is 5.88 Å². The number of benzene rings is 1. The second kappa shape index (κ2) is 4.35. The first-order valence-electron chi connectivity index (χ1n) is 3.40. The standard InChI is InChI=1S/C7H8BClO3/c9-5-6-1-3-7(4-2-6)12-8(10)11/h1-4,10-11H,5H2. The number of rotatable bonds is 3. The van der Waals surface area contributed by atoms with Crippen molar-refractivity contribution in [1.29, 1.82) is 0 Å². The normalized spacial score (nSPS) is 9.58. The van der Waals surface area contributed by atoms with Crippen LogP contribution in [-0.2, 0) is 5.88 Å². The van der Waals surface area contributed by atoms with E-state index in [4.69, 9.17) is 21.6 Å². The summed E-state index contributed by atoms with van der Waals surface area (Å²) in [6, 6.07) is 6.75. The third kappa shape index (κ3) is 2.73. The lowest BCUT2D eigenvalue weighted by atomic mass is 10.2. The monoisotopic (exact) mass is 186 g/mol. The summed E-state index contributed by atoms with van der Waals surface area (Å²) in [6.45, 7) is 0. The smallest absolute Gasteiger partial charge is 0.512 e. The molecule has 0 spiro atoms. The maximum atomic E-state index is 8.44. The van der Waals surface area contributed by atoms with Gasteiger partial charge in [0.1, 0.15) is 5.75 Å². The molecule has 0 aliphatic carbocycles. The van der Waals surface area contributed by atoms with Crippen molar-refractivity contribution in [2.75, 3.05) is 0 Å². The van der Waals surface area contributed by atoms with Gasteiger partial charge < -0.3 is 14.7 Å². The third-order valence-corrected chi connectivity index (χ3v) is 1.63. The fourth-order valence-corrected chi connectivity index (χ4v) is 0.957. The van der Waals surface area contributed by atoms with E-state index >= 15 is 0 Å². The minimum atomic E-state index is -1.77. The summed E-state index contributed by atoms with van der Waals surface area (Å²) in [4.78, 5) is 0. The molecule has 2 N–H and O–H groups in total. The van der Waals surface area contributed by atoms with Crippen molar-refractivity contribution in [1.82, 2.24) is 0 Å². The third-order valence-electron chi connectivity index (χ3n) is 1.32. The Bertz CT molecular complexity index is 237. The van der Waals surface area contributed by atoms with Gasteiger partial charge in [-0.3, -0.25) is 0 Å². The van der Waals surface area contributed by atoms with E-state index in [0.717, 1.165) is 5.56 Å². The lowest BCUT2D eigenvalue weighted by Crippen LogP contribution is -2.20. The molecule has 0 bridgehead atoms. The van der Waals surface area contributed by atoms with E-state index in [0.29, 0.717) is 11.6 Å². The molecule has 3 nitrogen and oxygen atoms in total. The van der Waals surface area contributed by atoms with Gasteiger partial charge in [0.2, 0.25) is 0 Å². The van der Waals surface area contributed by atoms with E-state index in [1.54, 1.807) is 24.3 Å². The Morgan fingerprint density at radius 2 is 1.83 bits per heavy atom. The molecule has 64 valence electrons. The summed E-state index contributed by atoms with van der Waals surface area (Å²) in [5.74, 6) is 0.834. The molecule has 0 aliphatic heterocycles. The highest BCUT2D eigenvalue weighted by atomic mass is 35.5. The Labute approximate surface area is 75.7 Å². The summed E-state index contributed by atoms with van der Waals surface area (Å²) in [7, 11) is -1.77. The second-order valence-electron chi connectivity index (χ2n) is 2.22. The zero-order chi connectivity index (χ0) is 8.97. The van der Waals surface area contributed by atoms with Crippen LogP contribution in [0.2, 0.25) is 0 Å². The predicted molar refractivity (Wildman–Crippen MR) is 46.8 cm³/mol. The van der Waals surface area contributed by atoms with Crippen molar-refractivity contribution in [3.8, 4) is 5.75 Å². The molecule has 0 saturated heterocycles. The molecular weight excluding hydrogens is 178 g/mol. The number of hydrogen-bond acceptors (Lipinski definition) is 3. The van der Waals surface area contributed by atoms with E-state index in [2.05, 4.69) is 4.65 Å². The average Bonchev–Trinajstić information content (AvgIpc) is 2.05. The van der Waals surface area contributed by atoms with Crippen LogP contribution in [-0.4, -0.2) is 17.4 Å². The van der Waals surface area contributed by atoms with Crippen LogP contribution in [0.25, 0.3) is 0 Å². The highest BCUT2D eigenvalue weighted by molar-refractivity contribution is 6.33. The largest absolute Gasteiger partial charge is 0.707 e. The second-order valence-corrected chi connectivity index (χ2v) is 2.49. The maximum absolute atomic E-state index is 8.44. The van der Waals surface area contributed by atoms with Crippen LogP contribution in [0, 0.1) is 0 Å². The quantitative estimate of drug-likeness (QED) is 0.542. The molecule has 0 atom stereocenters. The van der Waals surface area contributed by atoms with Crippen LogP contribution >= 0.6 is 11.6 Å². The van der Waals surface area contributed by atoms with Crippen LogP contribution in [0.5, 0.6) is 5.75 Å². The average molecular weight is 186 g/mol. The fourth-order valence-electron chi connectivity index (χ4n) is 0.779. The summed E-state index contributed by atoms with van der Waals surface area (Å²) in [5.41, 5.74) is 0.955. The van der Waals surface area contributed by atoms with Crippen molar-refractivity contribution in [2.45, 2.75) is 5.88 Å². The Morgan fingerprint density at radius 1 is 1.25 bits per heavy atom. The van der Waals surface area contributed by atoms with Crippen LogP contribution < -0.4 is 4.65 Å². The number of alkyl halides is 1. The first-order valence-corrected chi connectivity index (χ1v) is 3.93. The molecule has 0 fully saturated rings. The van der Waals surface area contributed by atoms with E-state index in [9.17, 15) is 0 Å². The lowest BCUT2D eigenvalue weighted by Gasteiger charge is -2.03. The lowest BCUT2D eigenvalue weighted by molar-refractivity contribution is 0.288. The Hall–Kier alpha value is -0.705. The molecular formula is C7H8BClO3. The molecule has 0 aliphatic rings. The molecule has 1 aromatic rings. The summed E-state index contributed by atoms with van der Waals surface area (Å²) in [6.07, 6.45) is 0. The molecule has 0 saturated carbocycles. The van der Waals surface area contributed by atoms with Crippen LogP contribution in [0.4, 0.5) is 0 Å². The Balaban J connectivity index is 2.65. The van der Waals surface area contributed by atoms with Crippen molar-refractivity contribution < 1.29 is 14.7 Å². The van der Waals surface area contributed by atoms with E-state index in [1.165, 1.54) is 0 Å². The SMILES string of the molecule is OB(O)Oc1ccc(CCl)cc1. The van der Waals surface area contributed by atoms with Gasteiger partial charge in [-0.25, -0.2) is 0 Å². The molecule has 0 radical (unpaired) electrons. The summed E-state index contributed by atoms with van der Waals surface area (Å²) in [5, 5.41) is 16.9. The van der Waals surface area contributed by atoms with Crippen molar-refractivity contribution >= 4 is 18.9 Å². The van der Waals surface area contributed by atoms with Crippen LogP contribution in [0.3, 0.4) is 0 Å².